The van der Waals surface area contributed by atoms with E-state index in [9.17, 15) is 17.8 Å². The quantitative estimate of drug-likeness (QED) is 0.256. The number of hydrogen-bond donors (Lipinski definition) is 3. The number of nitrogens with one attached hydrogen (secondary N) is 2. The fourth-order valence-corrected chi connectivity index (χ4v) is 7.63. The predicted octanol–water partition coefficient (Wildman–Crippen LogP) is 3.75. The van der Waals surface area contributed by atoms with Crippen LogP contribution in [0.1, 0.15) is 67.1 Å². The number of amides is 1. The highest BCUT2D eigenvalue weighted by atomic mass is 32.2. The third-order valence-electron chi connectivity index (χ3n) is 8.49. The number of nitrogens with two attached hydrogens (primary N) is 1. The smallest absolute Gasteiger partial charge is 0.330 e. The Labute approximate surface area is 253 Å². The number of carbonyl (C=O) groups is 1. The molecular formula is C30H45F2N7O3S. The van der Waals surface area contributed by atoms with Crippen LogP contribution in [-0.2, 0) is 22.2 Å². The zero-order valence-electron chi connectivity index (χ0n) is 25.6. The van der Waals surface area contributed by atoms with Crippen LogP contribution in [-0.4, -0.2) is 87.3 Å². The molecule has 1 aromatic carbocycles. The van der Waals surface area contributed by atoms with Gasteiger partial charge in [-0.25, -0.2) is 14.3 Å². The van der Waals surface area contributed by atoms with Crippen molar-refractivity contribution >= 4 is 33.1 Å². The number of likely N-dealkylation sites (tertiary alicyclic amines) is 1. The summed E-state index contributed by atoms with van der Waals surface area (Å²) in [6.07, 6.45) is 8.18. The molecule has 1 saturated heterocycles. The van der Waals surface area contributed by atoms with E-state index in [1.54, 1.807) is 24.5 Å². The number of anilines is 2. The van der Waals surface area contributed by atoms with E-state index in [-0.39, 0.29) is 42.0 Å². The molecule has 3 atom stereocenters. The fourth-order valence-electron chi connectivity index (χ4n) is 6.24. The average molecular weight is 622 g/mol. The molecule has 0 radical (unpaired) electrons. The summed E-state index contributed by atoms with van der Waals surface area (Å²) in [5.74, 6) is 4.12. The molecule has 0 spiro atoms. The lowest BCUT2D eigenvalue weighted by Crippen LogP contribution is -2.46. The number of aromatic nitrogens is 2. The number of benzene rings is 1. The van der Waals surface area contributed by atoms with E-state index in [0.29, 0.717) is 23.5 Å². The van der Waals surface area contributed by atoms with E-state index in [0.717, 1.165) is 57.8 Å². The van der Waals surface area contributed by atoms with Crippen LogP contribution in [0.4, 0.5) is 20.4 Å². The van der Waals surface area contributed by atoms with Gasteiger partial charge in [0.25, 0.3) is 5.91 Å². The van der Waals surface area contributed by atoms with Crippen LogP contribution >= 0.6 is 0 Å². The topological polar surface area (TPSA) is 126 Å². The van der Waals surface area contributed by atoms with Crippen LogP contribution in [0.15, 0.2) is 24.4 Å². The highest BCUT2D eigenvalue weighted by Gasteiger charge is 2.36. The van der Waals surface area contributed by atoms with Crippen LogP contribution in [0, 0.1) is 5.92 Å². The Bertz CT molecular complexity index is 1380. The summed E-state index contributed by atoms with van der Waals surface area (Å²) >= 11 is 0. The molecule has 2 heterocycles. The van der Waals surface area contributed by atoms with Gasteiger partial charge in [0.2, 0.25) is 5.95 Å². The standard InChI is InChI=1S/C30H45F2N7O3S/c1-6-39(43(4,5)41)26-10-8-7-9-20(26)17-25-23(30(31,32)33)19-34-29(37-25)36-24-12-11-21(18-27(24)42-3)28(40)35-22-13-15-38(2)16-14-22/h11-12,18-20,22,26H,4,6-10,13-17,33H2,1-3,5H3,(H,35,40)(H,34,36,37)/t20-,26+,43?/m0/s1. The van der Waals surface area contributed by atoms with Gasteiger partial charge in [0.1, 0.15) is 5.75 Å². The first-order valence-electron chi connectivity index (χ1n) is 14.9. The lowest BCUT2D eigenvalue weighted by Gasteiger charge is -2.40. The molecular weight excluding hydrogens is 576 g/mol. The largest absolute Gasteiger partial charge is 0.495 e. The molecule has 0 bridgehead atoms. The molecule has 4 rings (SSSR count). The molecule has 238 valence electrons. The maximum Gasteiger partial charge on any atom is 0.330 e. The number of nitrogens with zero attached hydrogens (tertiary/aromatic N) is 4. The number of rotatable bonds is 11. The number of halogens is 2. The normalized spacial score (nSPS) is 21.8. The molecule has 2 aromatic rings. The van der Waals surface area contributed by atoms with Crippen molar-refractivity contribution in [3.8, 4) is 5.75 Å². The summed E-state index contributed by atoms with van der Waals surface area (Å²) in [6.45, 7) is 4.34. The number of carbonyl (C=O) groups excluding carboxylic acids is 1. The Morgan fingerprint density at radius 3 is 2.58 bits per heavy atom. The SMILES string of the molecule is C=S(C)(=O)N(CC)[C@@H]1CCCC[C@H]1Cc1nc(Nc2ccc(C(=O)NC3CCN(C)CC3)cc2OC)ncc1C(N)(F)F. The van der Waals surface area contributed by atoms with E-state index < -0.39 is 21.3 Å². The Hall–Kier alpha value is -2.87. The number of alkyl halides is 2. The summed E-state index contributed by atoms with van der Waals surface area (Å²) in [4.78, 5) is 23.8. The van der Waals surface area contributed by atoms with Gasteiger partial charge in [0, 0.05) is 46.4 Å². The molecule has 2 aliphatic rings. The van der Waals surface area contributed by atoms with Crippen molar-refractivity contribution in [3.05, 3.63) is 41.2 Å². The Morgan fingerprint density at radius 1 is 1.26 bits per heavy atom. The van der Waals surface area contributed by atoms with Crippen molar-refractivity contribution in [3.63, 3.8) is 0 Å². The van der Waals surface area contributed by atoms with Crippen molar-refractivity contribution in [2.24, 2.45) is 11.7 Å². The Kier molecular flexibility index (Phi) is 10.6. The number of methoxy groups -OCH3 is 1. The van der Waals surface area contributed by atoms with Crippen LogP contribution in [0.3, 0.4) is 0 Å². The number of piperidine rings is 1. The molecule has 1 unspecified atom stereocenters. The maximum atomic E-state index is 14.5. The minimum absolute atomic E-state index is 0.0584. The first kappa shape index (κ1) is 33.0. The zero-order chi connectivity index (χ0) is 31.4. The summed E-state index contributed by atoms with van der Waals surface area (Å²) in [5.41, 5.74) is 5.88. The van der Waals surface area contributed by atoms with E-state index in [1.807, 2.05) is 11.2 Å². The molecule has 1 aliphatic heterocycles. The molecule has 1 amide bonds. The molecule has 1 aliphatic carbocycles. The molecule has 10 nitrogen and oxygen atoms in total. The second-order valence-electron chi connectivity index (χ2n) is 11.8. The Morgan fingerprint density at radius 2 is 1.95 bits per heavy atom. The van der Waals surface area contributed by atoms with E-state index in [4.69, 9.17) is 10.5 Å². The van der Waals surface area contributed by atoms with Gasteiger partial charge in [-0.15, -0.1) is 0 Å². The lowest BCUT2D eigenvalue weighted by molar-refractivity contribution is 0.000874. The molecule has 13 heteroatoms. The molecule has 43 heavy (non-hydrogen) atoms. The summed E-state index contributed by atoms with van der Waals surface area (Å²) in [6, 6.07) is 1.39. The fraction of sp³-hybridized carbons (Fsp3) is 0.600. The van der Waals surface area contributed by atoms with Crippen molar-refractivity contribution < 1.29 is 22.5 Å². The third-order valence-corrected chi connectivity index (χ3v) is 10.0. The second-order valence-corrected chi connectivity index (χ2v) is 14.2. The Balaban J connectivity index is 1.57. The van der Waals surface area contributed by atoms with Gasteiger partial charge in [-0.05, 0) is 82.2 Å². The lowest BCUT2D eigenvalue weighted by atomic mass is 9.81. The van der Waals surface area contributed by atoms with E-state index in [1.165, 1.54) is 7.11 Å². The highest BCUT2D eigenvalue weighted by Crippen LogP contribution is 2.35. The molecule has 1 saturated carbocycles. The third kappa shape index (κ3) is 8.40. The summed E-state index contributed by atoms with van der Waals surface area (Å²) < 4.78 is 49.4. The van der Waals surface area contributed by atoms with Crippen molar-refractivity contribution in [2.45, 2.75) is 70.0 Å². The van der Waals surface area contributed by atoms with Gasteiger partial charge in [-0.1, -0.05) is 19.8 Å². The van der Waals surface area contributed by atoms with Gasteiger partial charge in [0.15, 0.2) is 0 Å². The van der Waals surface area contributed by atoms with Gasteiger partial charge in [-0.3, -0.25) is 14.7 Å². The average Bonchev–Trinajstić information content (AvgIpc) is 2.94. The minimum Gasteiger partial charge on any atom is -0.495 e. The van der Waals surface area contributed by atoms with Crippen molar-refractivity contribution in [1.82, 2.24) is 24.5 Å². The minimum atomic E-state index is -3.63. The molecule has 2 fully saturated rings. The van der Waals surface area contributed by atoms with Gasteiger partial charge < -0.3 is 20.3 Å². The van der Waals surface area contributed by atoms with E-state index in [2.05, 4.69) is 38.4 Å². The first-order chi connectivity index (χ1) is 20.3. The van der Waals surface area contributed by atoms with E-state index >= 15 is 0 Å². The maximum absolute atomic E-state index is 14.5. The summed E-state index contributed by atoms with van der Waals surface area (Å²) in [7, 11) is 1.07. The molecule has 1 aromatic heterocycles. The van der Waals surface area contributed by atoms with Gasteiger partial charge >= 0.3 is 6.05 Å². The first-order valence-corrected chi connectivity index (χ1v) is 17.0. The monoisotopic (exact) mass is 621 g/mol. The van der Waals surface area contributed by atoms with Gasteiger partial charge in [-0.2, -0.15) is 8.78 Å². The zero-order valence-corrected chi connectivity index (χ0v) is 26.4. The molecule has 4 N–H and O–H groups in total. The van der Waals surface area contributed by atoms with Crippen LogP contribution < -0.4 is 21.1 Å². The number of hydrogen-bond acceptors (Lipinski definition) is 8. The second kappa shape index (κ2) is 13.8. The van der Waals surface area contributed by atoms with Crippen LogP contribution in [0.25, 0.3) is 0 Å². The van der Waals surface area contributed by atoms with Crippen molar-refractivity contribution in [1.29, 1.82) is 0 Å². The van der Waals surface area contributed by atoms with Crippen molar-refractivity contribution in [2.75, 3.05) is 45.4 Å². The highest BCUT2D eigenvalue weighted by molar-refractivity contribution is 7.97. The summed E-state index contributed by atoms with van der Waals surface area (Å²) in [5, 5.41) is 6.16. The number of ether oxygens (including phenoxy) is 1. The van der Waals surface area contributed by atoms with Crippen LogP contribution in [0.5, 0.6) is 5.75 Å². The van der Waals surface area contributed by atoms with Gasteiger partial charge in [0.05, 0.1) is 24.1 Å². The predicted molar refractivity (Wildman–Crippen MR) is 167 cm³/mol. The van der Waals surface area contributed by atoms with Crippen LogP contribution in [0.2, 0.25) is 0 Å².